The topological polar surface area (TPSA) is 179 Å². The van der Waals surface area contributed by atoms with Gasteiger partial charge in [0.1, 0.15) is 36.4 Å². The molecular weight excluding hydrogens is 971 g/mol. The molecule has 9 rings (SSSR count). The fraction of sp³-hybridized carbons (Fsp3) is 0.347. The second-order valence-electron chi connectivity index (χ2n) is 18.1. The van der Waals surface area contributed by atoms with Crippen molar-refractivity contribution in [2.45, 2.75) is 37.6 Å². The van der Waals surface area contributed by atoms with Gasteiger partial charge in [0.15, 0.2) is 0 Å². The number of hydrogen-bond acceptors (Lipinski definition) is 13. The first-order chi connectivity index (χ1) is 33.1. The number of hydrogen-bond donors (Lipinski definition) is 4. The molecule has 360 valence electrons. The molecule has 6 aromatic rings. The van der Waals surface area contributed by atoms with Crippen molar-refractivity contribution in [3.8, 4) is 16.9 Å². The summed E-state index contributed by atoms with van der Waals surface area (Å²) in [6.07, 6.45) is 6.83. The molecular formula is C49H53BrF2N11O5P. The number of methoxy groups -OCH3 is 1. The zero-order valence-electron chi connectivity index (χ0n) is 38.7. The second kappa shape index (κ2) is 19.9. The van der Waals surface area contributed by atoms with E-state index in [4.69, 9.17) is 9.72 Å². The number of halogens is 3. The number of anilines is 6. The zero-order valence-corrected chi connectivity index (χ0v) is 41.2. The van der Waals surface area contributed by atoms with Gasteiger partial charge in [-0.3, -0.25) is 29.3 Å². The van der Waals surface area contributed by atoms with Crippen molar-refractivity contribution in [3.63, 3.8) is 0 Å². The smallest absolute Gasteiger partial charge is 0.249 e. The molecule has 2 aromatic heterocycles. The average Bonchev–Trinajstić information content (AvgIpc) is 3.77. The highest BCUT2D eigenvalue weighted by Crippen LogP contribution is 2.43. The molecule has 69 heavy (non-hydrogen) atoms. The van der Waals surface area contributed by atoms with Crippen LogP contribution in [0.5, 0.6) is 5.75 Å². The Kier molecular flexibility index (Phi) is 13.7. The predicted molar refractivity (Wildman–Crippen MR) is 268 cm³/mol. The molecule has 1 atom stereocenters. The Hall–Kier alpha value is -6.43. The number of carbonyl (C=O) groups is 3. The first kappa shape index (κ1) is 47.6. The Morgan fingerprint density at radius 1 is 0.913 bits per heavy atom. The minimum atomic E-state index is -2.74. The van der Waals surface area contributed by atoms with Gasteiger partial charge in [0.2, 0.25) is 23.7 Å². The van der Waals surface area contributed by atoms with Gasteiger partial charge >= 0.3 is 0 Å². The molecule has 16 nitrogen and oxygen atoms in total. The zero-order chi connectivity index (χ0) is 48.6. The van der Waals surface area contributed by atoms with Gasteiger partial charge in [0.25, 0.3) is 0 Å². The van der Waals surface area contributed by atoms with E-state index >= 15 is 8.78 Å². The number of aryl methyl sites for hydroxylation is 1. The molecule has 4 aromatic carbocycles. The number of ether oxygens (including phenoxy) is 1. The van der Waals surface area contributed by atoms with Crippen LogP contribution >= 0.6 is 23.1 Å². The van der Waals surface area contributed by atoms with Crippen molar-refractivity contribution in [2.24, 2.45) is 7.05 Å². The van der Waals surface area contributed by atoms with Crippen LogP contribution in [0.25, 0.3) is 21.9 Å². The number of amides is 3. The molecule has 3 saturated heterocycles. The van der Waals surface area contributed by atoms with Crippen molar-refractivity contribution in [2.75, 3.05) is 87.1 Å². The van der Waals surface area contributed by atoms with Gasteiger partial charge in [-0.1, -0.05) is 30.3 Å². The van der Waals surface area contributed by atoms with Crippen LogP contribution in [0.3, 0.4) is 0 Å². The summed E-state index contributed by atoms with van der Waals surface area (Å²) in [6, 6.07) is 17.2. The molecule has 3 aliphatic rings. The molecule has 3 fully saturated rings. The van der Waals surface area contributed by atoms with Crippen LogP contribution in [-0.2, 0) is 26.0 Å². The normalized spacial score (nSPS) is 17.2. The van der Waals surface area contributed by atoms with Crippen LogP contribution < -0.4 is 36.2 Å². The summed E-state index contributed by atoms with van der Waals surface area (Å²) in [6.45, 7) is 7.00. The van der Waals surface area contributed by atoms with Crippen LogP contribution in [0, 0.1) is 11.6 Å². The Labute approximate surface area is 406 Å². The summed E-state index contributed by atoms with van der Waals surface area (Å²) in [4.78, 5) is 53.0. The Bertz CT molecular complexity index is 3010. The van der Waals surface area contributed by atoms with Gasteiger partial charge in [-0.2, -0.15) is 10.1 Å². The maximum absolute atomic E-state index is 15.4. The second-order valence-corrected chi connectivity index (χ2v) is 22.1. The number of fused-ring (bicyclic) bond motifs is 1. The minimum absolute atomic E-state index is 0.0115. The van der Waals surface area contributed by atoms with Crippen molar-refractivity contribution < 1.29 is 32.5 Å². The SMILES string of the molecule is COc1cc(N2CCN(C(=O)CN3CCC(c4cc(F)c(NC5CCC(=O)NC5=O)cc4F)CC3)CC2)c(-c2cnn(C)c2)cc1Nc1ncc(Br)c(Nc2ccc3ccccc3c2P(C)(C)=O)n1. The van der Waals surface area contributed by atoms with Gasteiger partial charge in [-0.25, -0.2) is 13.8 Å². The fourth-order valence-corrected chi connectivity index (χ4v) is 11.3. The molecule has 0 radical (unpaired) electrons. The lowest BCUT2D eigenvalue weighted by molar-refractivity contribution is -0.134. The summed E-state index contributed by atoms with van der Waals surface area (Å²) in [5, 5.41) is 18.9. The molecule has 0 aliphatic carbocycles. The number of benzene rings is 4. The van der Waals surface area contributed by atoms with Gasteiger partial charge < -0.3 is 35.1 Å². The fourth-order valence-electron chi connectivity index (χ4n) is 9.48. The standard InChI is InChI=1S/C49H53BrF2N11O5P/c1-60-27-31(25-54-60)34-22-41(57-49-53-26-35(50)47(59-49)56-38-10-9-29-7-5-6-8-32(29)46(38)69(3,4)67)43(68-2)24-42(34)62-17-19-63(20-18-62)45(65)28-61-15-13-30(14-16-61)33-21-37(52)40(23-36(33)51)55-39-11-12-44(64)58-48(39)66/h5-10,21-27,30,39,55H,11-20,28H2,1-4H3,(H,58,64,66)(H2,53,56,57,59). The monoisotopic (exact) mass is 1020 g/mol. The van der Waals surface area contributed by atoms with E-state index in [1.54, 1.807) is 37.5 Å². The first-order valence-electron chi connectivity index (χ1n) is 22.8. The highest BCUT2D eigenvalue weighted by Gasteiger charge is 2.31. The number of imide groups is 1. The van der Waals surface area contributed by atoms with E-state index in [0.29, 0.717) is 85.5 Å². The lowest BCUT2D eigenvalue weighted by Gasteiger charge is -2.39. The van der Waals surface area contributed by atoms with E-state index < -0.39 is 30.7 Å². The largest absolute Gasteiger partial charge is 0.494 e. The van der Waals surface area contributed by atoms with Crippen molar-refractivity contribution >= 4 is 91.4 Å². The minimum Gasteiger partial charge on any atom is -0.494 e. The number of aromatic nitrogens is 4. The van der Waals surface area contributed by atoms with E-state index in [1.165, 1.54) is 6.07 Å². The van der Waals surface area contributed by atoms with Gasteiger partial charge in [0.05, 0.1) is 41.4 Å². The number of piperazine rings is 1. The molecule has 3 aliphatic heterocycles. The summed E-state index contributed by atoms with van der Waals surface area (Å²) in [7, 11) is 0.730. The number of rotatable bonds is 13. The summed E-state index contributed by atoms with van der Waals surface area (Å²) in [5.41, 5.74) is 4.15. The van der Waals surface area contributed by atoms with E-state index in [2.05, 4.69) is 57.1 Å². The molecule has 5 heterocycles. The van der Waals surface area contributed by atoms with E-state index in [1.807, 2.05) is 66.7 Å². The predicted octanol–water partition coefficient (Wildman–Crippen LogP) is 7.56. The summed E-state index contributed by atoms with van der Waals surface area (Å²) in [5.74, 6) is -1.05. The molecule has 1 unspecified atom stereocenters. The van der Waals surface area contributed by atoms with Crippen molar-refractivity contribution in [1.29, 1.82) is 0 Å². The van der Waals surface area contributed by atoms with Crippen LogP contribution in [0.2, 0.25) is 0 Å². The highest BCUT2D eigenvalue weighted by molar-refractivity contribution is 9.10. The molecule has 0 saturated carbocycles. The van der Waals surface area contributed by atoms with Crippen molar-refractivity contribution in [3.05, 3.63) is 101 Å². The third kappa shape index (κ3) is 10.5. The molecule has 3 amide bonds. The summed E-state index contributed by atoms with van der Waals surface area (Å²) >= 11 is 3.60. The van der Waals surface area contributed by atoms with Gasteiger partial charge in [0, 0.05) is 86.3 Å². The van der Waals surface area contributed by atoms with Gasteiger partial charge in [-0.05, 0) is 102 Å². The summed E-state index contributed by atoms with van der Waals surface area (Å²) < 4.78 is 52.6. The third-order valence-electron chi connectivity index (χ3n) is 13.0. The van der Waals surface area contributed by atoms with Crippen LogP contribution in [0.15, 0.2) is 83.7 Å². The third-order valence-corrected chi connectivity index (χ3v) is 15.2. The Morgan fingerprint density at radius 3 is 2.39 bits per heavy atom. The highest BCUT2D eigenvalue weighted by atomic mass is 79.9. The lowest BCUT2D eigenvalue weighted by atomic mass is 9.88. The van der Waals surface area contributed by atoms with E-state index in [9.17, 15) is 18.9 Å². The number of piperidine rings is 2. The van der Waals surface area contributed by atoms with Gasteiger partial charge in [-0.15, -0.1) is 0 Å². The molecule has 4 N–H and O–H groups in total. The number of carbonyl (C=O) groups excluding carboxylic acids is 3. The molecule has 20 heteroatoms. The maximum Gasteiger partial charge on any atom is 0.249 e. The number of nitrogens with one attached hydrogen (secondary N) is 4. The number of likely N-dealkylation sites (tertiary alicyclic amines) is 1. The van der Waals surface area contributed by atoms with Crippen molar-refractivity contribution in [1.82, 2.24) is 34.9 Å². The van der Waals surface area contributed by atoms with Crippen LogP contribution in [0.1, 0.15) is 37.2 Å². The van der Waals surface area contributed by atoms with E-state index in [0.717, 1.165) is 39.0 Å². The van der Waals surface area contributed by atoms with E-state index in [-0.39, 0.29) is 48.4 Å². The quantitative estimate of drug-likeness (QED) is 0.0659. The average molecular weight is 1020 g/mol. The van der Waals surface area contributed by atoms with Crippen LogP contribution in [0.4, 0.5) is 43.3 Å². The first-order valence-corrected chi connectivity index (χ1v) is 26.2. The number of nitrogens with zero attached hydrogens (tertiary/aromatic N) is 7. The van der Waals surface area contributed by atoms with Crippen LogP contribution in [-0.4, -0.2) is 120 Å². The molecule has 0 bridgehead atoms. The maximum atomic E-state index is 15.4. The Morgan fingerprint density at radius 2 is 1.68 bits per heavy atom. The Balaban J connectivity index is 0.851. The molecule has 0 spiro atoms. The lowest BCUT2D eigenvalue weighted by Crippen LogP contribution is -2.52.